The molecule has 0 aliphatic rings. The Morgan fingerprint density at radius 3 is 2.47 bits per heavy atom. The van der Waals surface area contributed by atoms with Gasteiger partial charge < -0.3 is 9.72 Å². The molecule has 0 saturated heterocycles. The predicted molar refractivity (Wildman–Crippen MR) is 102 cm³/mol. The van der Waals surface area contributed by atoms with Crippen LogP contribution in [0.1, 0.15) is 23.7 Å². The molecule has 30 heavy (non-hydrogen) atoms. The maximum Gasteiger partial charge on any atom is 0.431 e. The fraction of sp³-hybridized carbons (Fsp3) is 0.353. The van der Waals surface area contributed by atoms with Gasteiger partial charge in [-0.05, 0) is 25.5 Å². The van der Waals surface area contributed by atoms with Gasteiger partial charge in [0.15, 0.2) is 6.10 Å². The lowest BCUT2D eigenvalue weighted by molar-refractivity contribution is -0.142. The third kappa shape index (κ3) is 4.97. The second-order valence-corrected chi connectivity index (χ2v) is 6.86. The number of hydroxylamine groups is 1. The van der Waals surface area contributed by atoms with E-state index >= 15 is 0 Å². The lowest BCUT2D eigenvalue weighted by Gasteiger charge is -2.17. The van der Waals surface area contributed by atoms with Gasteiger partial charge in [0.05, 0.1) is 18.7 Å². The first-order valence-corrected chi connectivity index (χ1v) is 9.01. The second kappa shape index (κ2) is 9.11. The number of nitrogens with one attached hydrogen (secondary N) is 2. The van der Waals surface area contributed by atoms with E-state index in [4.69, 9.17) is 27.9 Å². The summed E-state index contributed by atoms with van der Waals surface area (Å²) in [6.07, 6.45) is -5.87. The van der Waals surface area contributed by atoms with Gasteiger partial charge in [-0.25, -0.2) is 10.3 Å². The van der Waals surface area contributed by atoms with Crippen LogP contribution in [-0.2, 0) is 22.4 Å². The van der Waals surface area contributed by atoms with E-state index in [-0.39, 0.29) is 21.4 Å². The van der Waals surface area contributed by atoms with E-state index < -0.39 is 47.2 Å². The van der Waals surface area contributed by atoms with Gasteiger partial charge in [0, 0.05) is 5.56 Å². The molecule has 2 aromatic rings. The number of benzene rings is 1. The van der Waals surface area contributed by atoms with Crippen molar-refractivity contribution in [1.82, 2.24) is 15.0 Å². The van der Waals surface area contributed by atoms with Crippen molar-refractivity contribution in [1.29, 1.82) is 0 Å². The Morgan fingerprint density at radius 1 is 1.27 bits per heavy atom. The topological polar surface area (TPSA) is 102 Å². The average Bonchev–Trinajstić information content (AvgIpc) is 2.66. The molecule has 1 amide bonds. The highest BCUT2D eigenvalue weighted by atomic mass is 35.5. The third-order valence-corrected chi connectivity index (χ3v) is 4.94. The molecule has 0 radical (unpaired) electrons. The van der Waals surface area contributed by atoms with Gasteiger partial charge in [-0.15, -0.1) is 0 Å². The summed E-state index contributed by atoms with van der Waals surface area (Å²) in [5.41, 5.74) is -2.20. The van der Waals surface area contributed by atoms with Gasteiger partial charge in [-0.2, -0.15) is 13.2 Å². The number of carbonyl (C=O) groups excluding carboxylic acids is 1. The molecule has 0 spiro atoms. The molecule has 1 heterocycles. The first-order valence-electron chi connectivity index (χ1n) is 8.25. The molecule has 1 unspecified atom stereocenters. The lowest BCUT2D eigenvalue weighted by Crippen LogP contribution is -2.39. The predicted octanol–water partition coefficient (Wildman–Crippen LogP) is 2.66. The monoisotopic (exact) mass is 469 g/mol. The van der Waals surface area contributed by atoms with Crippen LogP contribution in [0.25, 0.3) is 0 Å². The third-order valence-electron chi connectivity index (χ3n) is 4.03. The van der Waals surface area contributed by atoms with Crippen LogP contribution in [0, 0.1) is 6.92 Å². The van der Waals surface area contributed by atoms with Crippen molar-refractivity contribution in [3.8, 4) is 5.75 Å². The summed E-state index contributed by atoms with van der Waals surface area (Å²) in [5.74, 6) is -0.555. The van der Waals surface area contributed by atoms with E-state index in [1.54, 1.807) is 4.98 Å². The molecular weight excluding hydrogens is 454 g/mol. The van der Waals surface area contributed by atoms with Crippen LogP contribution >= 0.6 is 23.2 Å². The van der Waals surface area contributed by atoms with Crippen molar-refractivity contribution in [2.24, 2.45) is 0 Å². The highest BCUT2D eigenvalue weighted by molar-refractivity contribution is 6.43. The summed E-state index contributed by atoms with van der Waals surface area (Å²) < 4.78 is 44.8. The summed E-state index contributed by atoms with van der Waals surface area (Å²) in [5, 5.41) is -0.211. The number of rotatable bonds is 6. The average molecular weight is 470 g/mol. The van der Waals surface area contributed by atoms with Crippen LogP contribution in [0.15, 0.2) is 21.7 Å². The summed E-state index contributed by atoms with van der Waals surface area (Å²) in [7, 11) is 1.25. The van der Waals surface area contributed by atoms with Gasteiger partial charge in [-0.1, -0.05) is 29.3 Å². The molecule has 164 valence electrons. The van der Waals surface area contributed by atoms with Gasteiger partial charge in [0.1, 0.15) is 16.5 Å². The van der Waals surface area contributed by atoms with Crippen molar-refractivity contribution in [3.05, 3.63) is 59.8 Å². The minimum atomic E-state index is -4.88. The van der Waals surface area contributed by atoms with Gasteiger partial charge in [-0.3, -0.25) is 19.0 Å². The van der Waals surface area contributed by atoms with E-state index in [2.05, 4.69) is 10.3 Å². The first kappa shape index (κ1) is 23.8. The molecule has 1 atom stereocenters. The lowest BCUT2D eigenvalue weighted by atomic mass is 10.2. The standard InChI is InChI=1S/C17H16Cl2F3N3O5/c1-7-13(17(20,21)22)23-16(28)25(15(7)27)6-9-4-5-10(12(19)11(9)18)30-8(2)14(26)24-29-3/h4-5,8H,6H2,1-3H3,(H,23,28)(H,24,26). The fourth-order valence-electron chi connectivity index (χ4n) is 2.48. The Bertz CT molecular complexity index is 1080. The minimum Gasteiger partial charge on any atom is -0.479 e. The molecule has 13 heteroatoms. The maximum absolute atomic E-state index is 12.9. The Balaban J connectivity index is 2.39. The zero-order valence-corrected chi connectivity index (χ0v) is 17.3. The van der Waals surface area contributed by atoms with Gasteiger partial charge in [0.25, 0.3) is 11.5 Å². The molecule has 8 nitrogen and oxygen atoms in total. The number of ether oxygens (including phenoxy) is 1. The number of carbonyl (C=O) groups is 1. The Kier molecular flexibility index (Phi) is 7.22. The molecule has 2 N–H and O–H groups in total. The van der Waals surface area contributed by atoms with E-state index in [1.807, 2.05) is 0 Å². The number of halogens is 5. The molecule has 0 aliphatic heterocycles. The van der Waals surface area contributed by atoms with E-state index in [1.165, 1.54) is 26.2 Å². The number of alkyl halides is 3. The van der Waals surface area contributed by atoms with Crippen LogP contribution in [0.3, 0.4) is 0 Å². The van der Waals surface area contributed by atoms with Crippen molar-refractivity contribution in [2.75, 3.05) is 7.11 Å². The van der Waals surface area contributed by atoms with Crippen LogP contribution in [0.4, 0.5) is 13.2 Å². The summed E-state index contributed by atoms with van der Waals surface area (Å²) >= 11 is 12.3. The molecule has 1 aromatic heterocycles. The second-order valence-electron chi connectivity index (χ2n) is 6.10. The number of hydrogen-bond donors (Lipinski definition) is 2. The van der Waals surface area contributed by atoms with Crippen LogP contribution in [0.5, 0.6) is 5.75 Å². The molecule has 0 bridgehead atoms. The van der Waals surface area contributed by atoms with E-state index in [9.17, 15) is 27.6 Å². The van der Waals surface area contributed by atoms with Crippen molar-refractivity contribution in [3.63, 3.8) is 0 Å². The number of H-pyrrole nitrogens is 1. The van der Waals surface area contributed by atoms with E-state index in [0.717, 1.165) is 6.92 Å². The van der Waals surface area contributed by atoms with Crippen LogP contribution in [0.2, 0.25) is 10.0 Å². The summed E-state index contributed by atoms with van der Waals surface area (Å²) in [6.45, 7) is 1.94. The van der Waals surface area contributed by atoms with Crippen molar-refractivity contribution >= 4 is 29.1 Å². The molecule has 1 aromatic carbocycles. The molecule has 0 aliphatic carbocycles. The largest absolute Gasteiger partial charge is 0.479 e. The first-order chi connectivity index (χ1) is 13.9. The summed E-state index contributed by atoms with van der Waals surface area (Å²) in [6, 6.07) is 2.71. The minimum absolute atomic E-state index is 0.0361. The normalized spacial score (nSPS) is 12.5. The zero-order valence-electron chi connectivity index (χ0n) is 15.8. The van der Waals surface area contributed by atoms with Gasteiger partial charge in [0.2, 0.25) is 0 Å². The van der Waals surface area contributed by atoms with Crippen LogP contribution in [-0.4, -0.2) is 28.7 Å². The smallest absolute Gasteiger partial charge is 0.431 e. The molecule has 2 rings (SSSR count). The van der Waals surface area contributed by atoms with Crippen LogP contribution < -0.4 is 21.5 Å². The quantitative estimate of drug-likeness (QED) is 0.633. The van der Waals surface area contributed by atoms with Crippen molar-refractivity contribution < 1.29 is 27.5 Å². The zero-order chi connectivity index (χ0) is 22.8. The fourth-order valence-corrected chi connectivity index (χ4v) is 2.92. The number of nitrogens with zero attached hydrogens (tertiary/aromatic N) is 1. The van der Waals surface area contributed by atoms with Gasteiger partial charge >= 0.3 is 11.9 Å². The number of aromatic amines is 1. The Morgan fingerprint density at radius 2 is 1.90 bits per heavy atom. The number of amides is 1. The molecule has 0 fully saturated rings. The Labute approximate surface area is 177 Å². The number of hydrogen-bond acceptors (Lipinski definition) is 5. The highest BCUT2D eigenvalue weighted by Crippen LogP contribution is 2.35. The molecule has 0 saturated carbocycles. The maximum atomic E-state index is 12.9. The SMILES string of the molecule is CONC(=O)C(C)Oc1ccc(Cn2c(=O)[nH]c(C(F)(F)F)c(C)c2=O)c(Cl)c1Cl. The molecular formula is C17H16Cl2F3N3O5. The number of aromatic nitrogens is 2. The van der Waals surface area contributed by atoms with E-state index in [0.29, 0.717) is 4.57 Å². The summed E-state index contributed by atoms with van der Waals surface area (Å²) in [4.78, 5) is 42.2. The highest BCUT2D eigenvalue weighted by Gasteiger charge is 2.35. The Hall–Kier alpha value is -2.50. The van der Waals surface area contributed by atoms with Crippen molar-refractivity contribution in [2.45, 2.75) is 32.7 Å².